The third-order valence-electron chi connectivity index (χ3n) is 3.85. The second-order valence-electron chi connectivity index (χ2n) is 5.33. The topological polar surface area (TPSA) is 54.3 Å². The van der Waals surface area contributed by atoms with Gasteiger partial charge in [0.2, 0.25) is 0 Å². The summed E-state index contributed by atoms with van der Waals surface area (Å²) < 4.78 is 26.1. The van der Waals surface area contributed by atoms with Crippen LogP contribution in [0, 0.1) is 0 Å². The minimum atomic E-state index is -2.81. The molecule has 1 saturated heterocycles. The summed E-state index contributed by atoms with van der Waals surface area (Å²) in [7, 11) is 0. The van der Waals surface area contributed by atoms with Gasteiger partial charge in [-0.15, -0.1) is 12.4 Å². The van der Waals surface area contributed by atoms with E-state index in [1.807, 2.05) is 18.2 Å². The molecule has 9 heteroatoms. The van der Waals surface area contributed by atoms with Crippen molar-refractivity contribution in [3.63, 3.8) is 0 Å². The fourth-order valence-electron chi connectivity index (χ4n) is 2.63. The van der Waals surface area contributed by atoms with Gasteiger partial charge in [0.05, 0.1) is 5.69 Å². The van der Waals surface area contributed by atoms with Crippen molar-refractivity contribution in [1.82, 2.24) is 24.6 Å². The summed E-state index contributed by atoms with van der Waals surface area (Å²) >= 11 is 0. The summed E-state index contributed by atoms with van der Waals surface area (Å²) in [6, 6.07) is 7.09. The maximum atomic E-state index is 12.8. The van der Waals surface area contributed by atoms with E-state index < -0.39 is 12.5 Å². The highest BCUT2D eigenvalue weighted by Crippen LogP contribution is 2.15. The van der Waals surface area contributed by atoms with E-state index in [1.54, 1.807) is 11.1 Å². The number of alkyl halides is 2. The highest BCUT2D eigenvalue weighted by molar-refractivity contribution is 5.92. The molecule has 130 valence electrons. The molecule has 3 rings (SSSR count). The lowest BCUT2D eigenvalue weighted by atomic mass is 10.2. The number of hydrogen-bond donors (Lipinski definition) is 0. The molecule has 24 heavy (non-hydrogen) atoms. The van der Waals surface area contributed by atoms with E-state index in [2.05, 4.69) is 15.0 Å². The zero-order valence-electron chi connectivity index (χ0n) is 12.9. The largest absolute Gasteiger partial charge is 0.335 e. The fraction of sp³-hybridized carbons (Fsp3) is 0.400. The minimum Gasteiger partial charge on any atom is -0.335 e. The van der Waals surface area contributed by atoms with Gasteiger partial charge in [0.1, 0.15) is 5.69 Å². The van der Waals surface area contributed by atoms with Crippen LogP contribution in [0.2, 0.25) is 0 Å². The van der Waals surface area contributed by atoms with Crippen LogP contribution in [0.5, 0.6) is 0 Å². The van der Waals surface area contributed by atoms with Gasteiger partial charge < -0.3 is 4.90 Å². The number of halogens is 3. The summed E-state index contributed by atoms with van der Waals surface area (Å²) in [5.74, 6) is -0.403. The van der Waals surface area contributed by atoms with Crippen molar-refractivity contribution < 1.29 is 13.6 Å². The van der Waals surface area contributed by atoms with Crippen LogP contribution in [0.15, 0.2) is 36.7 Å². The van der Waals surface area contributed by atoms with E-state index >= 15 is 0 Å². The fourth-order valence-corrected chi connectivity index (χ4v) is 2.63. The molecule has 0 bridgehead atoms. The molecule has 0 spiro atoms. The van der Waals surface area contributed by atoms with Crippen molar-refractivity contribution in [3.8, 4) is 0 Å². The van der Waals surface area contributed by atoms with Crippen LogP contribution >= 0.6 is 12.4 Å². The second-order valence-corrected chi connectivity index (χ2v) is 5.33. The zero-order valence-corrected chi connectivity index (χ0v) is 13.7. The molecule has 1 fully saturated rings. The molecule has 1 amide bonds. The number of aromatic nitrogens is 3. The summed E-state index contributed by atoms with van der Waals surface area (Å²) in [6.07, 6.45) is 2.97. The van der Waals surface area contributed by atoms with E-state index in [0.717, 1.165) is 12.2 Å². The van der Waals surface area contributed by atoms with Gasteiger partial charge in [0.25, 0.3) is 5.91 Å². The molecule has 0 atom stereocenters. The monoisotopic (exact) mass is 357 g/mol. The minimum absolute atomic E-state index is 0. The molecule has 0 aliphatic carbocycles. The van der Waals surface area contributed by atoms with Crippen LogP contribution in [-0.2, 0) is 6.54 Å². The Bertz CT molecular complexity index is 659. The van der Waals surface area contributed by atoms with Crippen molar-refractivity contribution in [2.75, 3.05) is 26.2 Å². The Hall–Kier alpha value is -2.06. The maximum absolute atomic E-state index is 12.8. The first-order valence-corrected chi connectivity index (χ1v) is 7.38. The standard InChI is InChI=1S/C15H17F2N5O.ClH/c16-15(17)22-13(4-6-19-22)14(23)21-9-7-20(8-10-21)11-12-3-1-2-5-18-12;/h1-6,15H,7-11H2;1H. The van der Waals surface area contributed by atoms with E-state index in [-0.39, 0.29) is 18.1 Å². The molecule has 2 aromatic rings. The van der Waals surface area contributed by atoms with Gasteiger partial charge in [-0.1, -0.05) is 6.07 Å². The third kappa shape index (κ3) is 4.07. The smallest absolute Gasteiger partial charge is 0.333 e. The second kappa shape index (κ2) is 8.16. The molecule has 0 N–H and O–H groups in total. The Balaban J connectivity index is 0.00000208. The van der Waals surface area contributed by atoms with Gasteiger partial charge in [-0.05, 0) is 18.2 Å². The van der Waals surface area contributed by atoms with E-state index in [4.69, 9.17) is 0 Å². The lowest BCUT2D eigenvalue weighted by Crippen LogP contribution is -2.48. The number of hydrogen-bond acceptors (Lipinski definition) is 4. The molecule has 0 saturated carbocycles. The number of carbonyl (C=O) groups is 1. The highest BCUT2D eigenvalue weighted by atomic mass is 35.5. The first-order chi connectivity index (χ1) is 11.1. The summed E-state index contributed by atoms with van der Waals surface area (Å²) in [5, 5.41) is 3.50. The molecular weight excluding hydrogens is 340 g/mol. The Morgan fingerprint density at radius 3 is 2.50 bits per heavy atom. The Labute approximate surface area is 144 Å². The Morgan fingerprint density at radius 2 is 1.88 bits per heavy atom. The number of carbonyl (C=O) groups excluding carboxylic acids is 1. The summed E-state index contributed by atoms with van der Waals surface area (Å²) in [4.78, 5) is 20.4. The van der Waals surface area contributed by atoms with Gasteiger partial charge in [0, 0.05) is 45.1 Å². The Morgan fingerprint density at radius 1 is 1.12 bits per heavy atom. The van der Waals surface area contributed by atoms with Crippen LogP contribution in [-0.4, -0.2) is 56.7 Å². The van der Waals surface area contributed by atoms with E-state index in [1.165, 1.54) is 12.3 Å². The van der Waals surface area contributed by atoms with Crippen LogP contribution in [0.3, 0.4) is 0 Å². The van der Waals surface area contributed by atoms with Crippen molar-refractivity contribution in [1.29, 1.82) is 0 Å². The zero-order chi connectivity index (χ0) is 16.2. The molecule has 0 unspecified atom stereocenters. The SMILES string of the molecule is Cl.O=C(c1ccnn1C(F)F)N1CCN(Cc2ccccn2)CC1. The van der Waals surface area contributed by atoms with Crippen LogP contribution in [0.25, 0.3) is 0 Å². The first-order valence-electron chi connectivity index (χ1n) is 7.38. The van der Waals surface area contributed by atoms with Crippen molar-refractivity contribution in [2.45, 2.75) is 13.1 Å². The molecule has 6 nitrogen and oxygen atoms in total. The highest BCUT2D eigenvalue weighted by Gasteiger charge is 2.26. The molecule has 3 heterocycles. The van der Waals surface area contributed by atoms with E-state index in [9.17, 15) is 13.6 Å². The third-order valence-corrected chi connectivity index (χ3v) is 3.85. The van der Waals surface area contributed by atoms with Crippen molar-refractivity contribution in [3.05, 3.63) is 48.0 Å². The number of pyridine rings is 1. The summed E-state index contributed by atoms with van der Waals surface area (Å²) in [5.41, 5.74) is 0.904. The van der Waals surface area contributed by atoms with Gasteiger partial charge in [-0.2, -0.15) is 18.6 Å². The molecule has 0 radical (unpaired) electrons. The Kier molecular flexibility index (Phi) is 6.22. The average Bonchev–Trinajstić information content (AvgIpc) is 3.06. The average molecular weight is 358 g/mol. The van der Waals surface area contributed by atoms with Crippen LogP contribution in [0.1, 0.15) is 22.7 Å². The van der Waals surface area contributed by atoms with Gasteiger partial charge in [-0.3, -0.25) is 14.7 Å². The van der Waals surface area contributed by atoms with Crippen LogP contribution in [0.4, 0.5) is 8.78 Å². The molecule has 1 aliphatic heterocycles. The van der Waals surface area contributed by atoms with Crippen molar-refractivity contribution >= 4 is 18.3 Å². The quantitative estimate of drug-likeness (QED) is 0.840. The number of amides is 1. The number of rotatable bonds is 4. The lowest BCUT2D eigenvalue weighted by molar-refractivity contribution is 0.0423. The normalized spacial score (nSPS) is 15.4. The van der Waals surface area contributed by atoms with Crippen LogP contribution < -0.4 is 0 Å². The molecule has 0 aromatic carbocycles. The maximum Gasteiger partial charge on any atom is 0.333 e. The predicted molar refractivity (Wildman–Crippen MR) is 86.1 cm³/mol. The van der Waals surface area contributed by atoms with E-state index in [0.29, 0.717) is 30.9 Å². The number of piperazine rings is 1. The van der Waals surface area contributed by atoms with Gasteiger partial charge >= 0.3 is 6.55 Å². The number of nitrogens with zero attached hydrogens (tertiary/aromatic N) is 5. The molecule has 1 aliphatic rings. The summed E-state index contributed by atoms with van der Waals surface area (Å²) in [6.45, 7) is 0.281. The lowest BCUT2D eigenvalue weighted by Gasteiger charge is -2.34. The molecule has 2 aromatic heterocycles. The molecular formula is C15H18ClF2N5O. The van der Waals surface area contributed by atoms with Crippen molar-refractivity contribution in [2.24, 2.45) is 0 Å². The first kappa shape index (κ1) is 18.3. The van der Waals surface area contributed by atoms with Gasteiger partial charge in [0.15, 0.2) is 0 Å². The predicted octanol–water partition coefficient (Wildman–Crippen LogP) is 2.05. The van der Waals surface area contributed by atoms with Gasteiger partial charge in [-0.25, -0.2) is 0 Å².